The molecular weight excluding hydrogens is 380 g/mol. The molecule has 1 aromatic heterocycles. The summed E-state index contributed by atoms with van der Waals surface area (Å²) in [6.07, 6.45) is 1.72. The molecule has 1 fully saturated rings. The van der Waals surface area contributed by atoms with Gasteiger partial charge in [0.05, 0.1) is 10.5 Å². The number of aryl methyl sites for hydroxylation is 3. The summed E-state index contributed by atoms with van der Waals surface area (Å²) in [5, 5.41) is 2.47. The van der Waals surface area contributed by atoms with Crippen molar-refractivity contribution in [2.24, 2.45) is 0 Å². The van der Waals surface area contributed by atoms with Crippen molar-refractivity contribution in [3.63, 3.8) is 0 Å². The standard InChI is InChI=1S/C20H20N2O3S2/c1-12-4-6-15(7-5-12)11-17-19(24)22(20(25)27-17)9-8-21-18(23)16-10-13(2)26-14(16)3/h4-7,10-11H,8-9H2,1-3H3,(H,21,23)/b17-11-. The number of rotatable bonds is 5. The Morgan fingerprint density at radius 2 is 1.85 bits per heavy atom. The topological polar surface area (TPSA) is 66.5 Å². The molecule has 1 aromatic carbocycles. The lowest BCUT2D eigenvalue weighted by atomic mass is 10.1. The van der Waals surface area contributed by atoms with Crippen molar-refractivity contribution in [1.82, 2.24) is 10.2 Å². The summed E-state index contributed by atoms with van der Waals surface area (Å²) < 4.78 is 0. The van der Waals surface area contributed by atoms with Gasteiger partial charge >= 0.3 is 0 Å². The first-order valence-corrected chi connectivity index (χ1v) is 10.2. The highest BCUT2D eigenvalue weighted by atomic mass is 32.2. The van der Waals surface area contributed by atoms with Crippen LogP contribution in [0.5, 0.6) is 0 Å². The minimum Gasteiger partial charge on any atom is -0.350 e. The van der Waals surface area contributed by atoms with Crippen LogP contribution in [0.3, 0.4) is 0 Å². The fourth-order valence-corrected chi connectivity index (χ4v) is 4.53. The van der Waals surface area contributed by atoms with Crippen molar-refractivity contribution in [2.45, 2.75) is 20.8 Å². The predicted octanol–water partition coefficient (Wildman–Crippen LogP) is 4.14. The monoisotopic (exact) mass is 400 g/mol. The lowest BCUT2D eigenvalue weighted by Crippen LogP contribution is -2.37. The van der Waals surface area contributed by atoms with Crippen molar-refractivity contribution >= 4 is 46.2 Å². The Labute approximate surface area is 166 Å². The third-order valence-electron chi connectivity index (χ3n) is 4.16. The fourth-order valence-electron chi connectivity index (χ4n) is 2.74. The molecule has 3 amide bonds. The number of hydrogen-bond donors (Lipinski definition) is 1. The zero-order chi connectivity index (χ0) is 19.6. The fraction of sp³-hybridized carbons (Fsp3) is 0.250. The van der Waals surface area contributed by atoms with Gasteiger partial charge in [0, 0.05) is 22.8 Å². The van der Waals surface area contributed by atoms with Gasteiger partial charge in [-0.2, -0.15) is 0 Å². The van der Waals surface area contributed by atoms with Crippen molar-refractivity contribution in [1.29, 1.82) is 0 Å². The molecule has 0 atom stereocenters. The second-order valence-corrected chi connectivity index (χ2v) is 8.78. The maximum absolute atomic E-state index is 12.5. The van der Waals surface area contributed by atoms with E-state index in [1.807, 2.05) is 51.1 Å². The van der Waals surface area contributed by atoms with Gasteiger partial charge in [-0.25, -0.2) is 0 Å². The number of hydrogen-bond acceptors (Lipinski definition) is 5. The van der Waals surface area contributed by atoms with Gasteiger partial charge in [-0.05, 0) is 50.2 Å². The van der Waals surface area contributed by atoms with E-state index in [4.69, 9.17) is 0 Å². The highest BCUT2D eigenvalue weighted by molar-refractivity contribution is 8.18. The minimum atomic E-state index is -0.317. The van der Waals surface area contributed by atoms with E-state index in [0.717, 1.165) is 32.6 Å². The second kappa shape index (κ2) is 8.10. The van der Waals surface area contributed by atoms with E-state index < -0.39 is 0 Å². The van der Waals surface area contributed by atoms with E-state index in [2.05, 4.69) is 5.32 Å². The van der Waals surface area contributed by atoms with Crippen LogP contribution in [-0.4, -0.2) is 35.0 Å². The Kier molecular flexibility index (Phi) is 5.82. The summed E-state index contributed by atoms with van der Waals surface area (Å²) in [5.74, 6) is -0.499. The van der Waals surface area contributed by atoms with Gasteiger partial charge in [0.25, 0.3) is 17.1 Å². The molecule has 0 bridgehead atoms. The lowest BCUT2D eigenvalue weighted by Gasteiger charge is -2.13. The molecule has 7 heteroatoms. The molecule has 0 unspecified atom stereocenters. The molecule has 5 nitrogen and oxygen atoms in total. The van der Waals surface area contributed by atoms with Gasteiger partial charge in [-0.1, -0.05) is 29.8 Å². The number of nitrogens with one attached hydrogen (secondary N) is 1. The average molecular weight is 401 g/mol. The predicted molar refractivity (Wildman–Crippen MR) is 110 cm³/mol. The van der Waals surface area contributed by atoms with Gasteiger partial charge in [0.1, 0.15) is 0 Å². The van der Waals surface area contributed by atoms with Crippen molar-refractivity contribution < 1.29 is 14.4 Å². The largest absolute Gasteiger partial charge is 0.350 e. The van der Waals surface area contributed by atoms with Gasteiger partial charge in [-0.15, -0.1) is 11.3 Å². The van der Waals surface area contributed by atoms with Gasteiger partial charge in [0.15, 0.2) is 0 Å². The van der Waals surface area contributed by atoms with E-state index in [9.17, 15) is 14.4 Å². The highest BCUT2D eigenvalue weighted by Crippen LogP contribution is 2.32. The minimum absolute atomic E-state index is 0.157. The quantitative estimate of drug-likeness (QED) is 0.766. The smallest absolute Gasteiger partial charge is 0.293 e. The van der Waals surface area contributed by atoms with E-state index in [0.29, 0.717) is 10.5 Å². The summed E-state index contributed by atoms with van der Waals surface area (Å²) in [4.78, 5) is 40.5. The second-order valence-electron chi connectivity index (χ2n) is 6.33. The molecule has 0 aliphatic carbocycles. The Morgan fingerprint density at radius 1 is 1.15 bits per heavy atom. The molecule has 0 radical (unpaired) electrons. The lowest BCUT2D eigenvalue weighted by molar-refractivity contribution is -0.122. The van der Waals surface area contributed by atoms with E-state index in [-0.39, 0.29) is 30.1 Å². The number of imide groups is 1. The van der Waals surface area contributed by atoms with Crippen molar-refractivity contribution in [2.75, 3.05) is 13.1 Å². The van der Waals surface area contributed by atoms with Crippen LogP contribution in [0.4, 0.5) is 4.79 Å². The molecule has 1 N–H and O–H groups in total. The first-order valence-electron chi connectivity index (χ1n) is 8.52. The van der Waals surface area contributed by atoms with Crippen LogP contribution >= 0.6 is 23.1 Å². The summed E-state index contributed by atoms with van der Waals surface area (Å²) in [6.45, 7) is 6.23. The average Bonchev–Trinajstić information content (AvgIpc) is 3.09. The molecule has 140 valence electrons. The van der Waals surface area contributed by atoms with Crippen LogP contribution in [-0.2, 0) is 4.79 Å². The zero-order valence-electron chi connectivity index (χ0n) is 15.4. The van der Waals surface area contributed by atoms with E-state index in [1.54, 1.807) is 17.4 Å². The number of carbonyl (C=O) groups excluding carboxylic acids is 3. The number of benzene rings is 1. The van der Waals surface area contributed by atoms with Crippen LogP contribution < -0.4 is 5.32 Å². The van der Waals surface area contributed by atoms with Gasteiger partial charge < -0.3 is 5.32 Å². The van der Waals surface area contributed by atoms with Crippen LogP contribution in [0.2, 0.25) is 0 Å². The molecule has 3 rings (SSSR count). The third kappa shape index (κ3) is 4.48. The van der Waals surface area contributed by atoms with E-state index >= 15 is 0 Å². The molecule has 0 saturated carbocycles. The molecule has 2 aromatic rings. The number of thiophene rings is 1. The number of carbonyl (C=O) groups is 3. The van der Waals surface area contributed by atoms with Gasteiger partial charge in [-0.3, -0.25) is 19.3 Å². The maximum atomic E-state index is 12.5. The molecular formula is C20H20N2O3S2. The molecule has 1 aliphatic rings. The van der Waals surface area contributed by atoms with Gasteiger partial charge in [0.2, 0.25) is 0 Å². The molecule has 0 spiro atoms. The first-order chi connectivity index (χ1) is 12.8. The SMILES string of the molecule is Cc1ccc(/C=C2\SC(=O)N(CCNC(=O)c3cc(C)sc3C)C2=O)cc1. The summed E-state index contributed by atoms with van der Waals surface area (Å²) in [5.41, 5.74) is 2.65. The summed E-state index contributed by atoms with van der Waals surface area (Å²) in [6, 6.07) is 9.59. The Bertz CT molecular complexity index is 929. The Hall–Kier alpha value is -2.38. The molecule has 27 heavy (non-hydrogen) atoms. The van der Waals surface area contributed by atoms with E-state index in [1.165, 1.54) is 4.90 Å². The van der Waals surface area contributed by atoms with Crippen LogP contribution in [0, 0.1) is 20.8 Å². The number of thioether (sulfide) groups is 1. The molecule has 1 aliphatic heterocycles. The summed E-state index contributed by atoms with van der Waals surface area (Å²) in [7, 11) is 0. The summed E-state index contributed by atoms with van der Waals surface area (Å²) >= 11 is 2.50. The van der Waals surface area contributed by atoms with Crippen LogP contribution in [0.25, 0.3) is 6.08 Å². The van der Waals surface area contributed by atoms with Crippen LogP contribution in [0.1, 0.15) is 31.2 Å². The highest BCUT2D eigenvalue weighted by Gasteiger charge is 2.34. The van der Waals surface area contributed by atoms with Crippen molar-refractivity contribution in [3.05, 3.63) is 61.7 Å². The maximum Gasteiger partial charge on any atom is 0.293 e. The Balaban J connectivity index is 1.60. The Morgan fingerprint density at radius 3 is 2.48 bits per heavy atom. The zero-order valence-corrected chi connectivity index (χ0v) is 17.0. The third-order valence-corrected chi connectivity index (χ3v) is 6.03. The number of amides is 3. The first kappa shape index (κ1) is 19.4. The molecule has 1 saturated heterocycles. The van der Waals surface area contributed by atoms with Crippen LogP contribution in [0.15, 0.2) is 35.2 Å². The van der Waals surface area contributed by atoms with Crippen molar-refractivity contribution in [3.8, 4) is 0 Å². The molecule has 2 heterocycles. The number of nitrogens with zero attached hydrogens (tertiary/aromatic N) is 1. The normalized spacial score (nSPS) is 15.7.